The summed E-state index contributed by atoms with van der Waals surface area (Å²) in [6.45, 7) is 0.0540. The van der Waals surface area contributed by atoms with Crippen LogP contribution < -0.4 is 26.2 Å². The molecule has 2 aliphatic rings. The molecule has 0 bridgehead atoms. The highest BCUT2D eigenvalue weighted by molar-refractivity contribution is 7.00. The molecule has 18 aromatic rings. The van der Waals surface area contributed by atoms with Crippen LogP contribution in [-0.4, -0.2) is 46.2 Å². The van der Waals surface area contributed by atoms with Crippen molar-refractivity contribution >= 4 is 79.0 Å². The highest BCUT2D eigenvalue weighted by atomic mass is 15.2. The predicted octanol–water partition coefficient (Wildman–Crippen LogP) is 21.3. The number of para-hydroxylation sites is 4. The smallest absolute Gasteiger partial charge is 0.252 e. The molecule has 0 fully saturated rings. The summed E-state index contributed by atoms with van der Waals surface area (Å²) in [4.78, 5) is 42.3. The fourth-order valence-electron chi connectivity index (χ4n) is 15.5. The first-order chi connectivity index (χ1) is 52.5. The lowest BCUT2D eigenvalue weighted by Gasteiger charge is -2.44. The van der Waals surface area contributed by atoms with E-state index in [4.69, 9.17) is 34.9 Å². The number of aromatic nitrogens is 8. The molecule has 0 saturated carbocycles. The lowest BCUT2D eigenvalue weighted by Crippen LogP contribution is -2.61. The lowest BCUT2D eigenvalue weighted by molar-refractivity contribution is 1.07. The van der Waals surface area contributed by atoms with E-state index in [0.29, 0.717) is 29.1 Å². The van der Waals surface area contributed by atoms with Crippen molar-refractivity contribution in [2.45, 2.75) is 0 Å². The van der Waals surface area contributed by atoms with Gasteiger partial charge in [0.25, 0.3) is 6.71 Å². The number of rotatable bonds is 13. The minimum absolute atomic E-state index is 0.0540. The zero-order chi connectivity index (χ0) is 70.0. The summed E-state index contributed by atoms with van der Waals surface area (Å²) in [5.74, 6) is 2.94. The summed E-state index contributed by atoms with van der Waals surface area (Å²) in [5, 5.41) is 2.09. The van der Waals surface area contributed by atoms with Gasteiger partial charge >= 0.3 is 0 Å². The highest BCUT2D eigenvalue weighted by Crippen LogP contribution is 2.46. The Labute approximate surface area is 613 Å². The third-order valence-corrected chi connectivity index (χ3v) is 20.5. The molecule has 0 spiro atoms. The van der Waals surface area contributed by atoms with E-state index in [2.05, 4.69) is 281 Å². The Balaban J connectivity index is 0.741. The van der Waals surface area contributed by atoms with E-state index in [9.17, 15) is 0 Å². The Hall–Kier alpha value is -14.3. The maximum Gasteiger partial charge on any atom is 0.252 e. The zero-order valence-electron chi connectivity index (χ0n) is 57.3. The van der Waals surface area contributed by atoms with Gasteiger partial charge in [-0.3, -0.25) is 0 Å². The van der Waals surface area contributed by atoms with Gasteiger partial charge in [0.05, 0.1) is 39.5 Å². The van der Waals surface area contributed by atoms with Crippen molar-refractivity contribution in [1.29, 1.82) is 0 Å². The third kappa shape index (κ3) is 10.9. The molecule has 494 valence electrons. The molecule has 0 radical (unpaired) electrons. The molecule has 6 heterocycles. The van der Waals surface area contributed by atoms with E-state index in [-0.39, 0.29) is 6.71 Å². The summed E-state index contributed by atoms with van der Waals surface area (Å²) >= 11 is 0. The Morgan fingerprint density at radius 2 is 0.594 bits per heavy atom. The van der Waals surface area contributed by atoms with Crippen LogP contribution in [-0.2, 0) is 0 Å². The van der Waals surface area contributed by atoms with Crippen LogP contribution in [0, 0.1) is 0 Å². The van der Waals surface area contributed by atoms with Crippen LogP contribution >= 0.6 is 0 Å². The number of benzene rings is 14. The molecule has 0 N–H and O–H groups in total. The van der Waals surface area contributed by atoms with Gasteiger partial charge in [-0.05, 0) is 131 Å². The van der Waals surface area contributed by atoms with Crippen LogP contribution in [0.15, 0.2) is 370 Å². The Morgan fingerprint density at radius 3 is 1.16 bits per heavy atom. The fraction of sp³-hybridized carbons (Fsp3) is 0. The Kier molecular flexibility index (Phi) is 15.1. The highest BCUT2D eigenvalue weighted by Gasteiger charge is 2.43. The molecule has 4 aromatic heterocycles. The van der Waals surface area contributed by atoms with Crippen molar-refractivity contribution in [2.24, 2.45) is 0 Å². The van der Waals surface area contributed by atoms with E-state index >= 15 is 0 Å². The summed E-state index contributed by atoms with van der Waals surface area (Å²) in [6, 6.07) is 130. The predicted molar refractivity (Wildman–Crippen MR) is 434 cm³/mol. The summed E-state index contributed by atoms with van der Waals surface area (Å²) < 4.78 is 2.35. The first-order valence-corrected chi connectivity index (χ1v) is 35.7. The second kappa shape index (κ2) is 26.0. The van der Waals surface area contributed by atoms with Gasteiger partial charge in [-0.25, -0.2) is 34.9 Å². The number of fused-ring (bicyclic) bond motifs is 7. The standard InChI is InChI=1S/C95H61BN10/c1-7-27-63(28-8-1)79-60-82(98-91(97-79)65-31-11-3-12-32-65)70-51-55-85(106-83-44-22-19-41-74(83)75-59-71(52-56-84(75)106)94-102-92(66-33-13-4-14-34-66)101-93(103-94)67-35-15-5-16-36-67)76(58-70)95-99-80(64-29-9-2-10-30-64)61-81(100-95)69-38-25-37-68(57-69)62-49-53-73(54-50-62)105-87-46-24-21-43-78(87)96-77-42-20-23-45-86(77)104(72-39-17-6-18-40-72)88-47-26-48-89(105)90(88)96/h1-61H. The molecule has 0 atom stereocenters. The van der Waals surface area contributed by atoms with Gasteiger partial charge in [0.2, 0.25) is 0 Å². The van der Waals surface area contributed by atoms with E-state index in [1.165, 1.54) is 39.1 Å². The first-order valence-electron chi connectivity index (χ1n) is 35.7. The molecule has 0 aliphatic carbocycles. The molecule has 14 aromatic carbocycles. The molecule has 106 heavy (non-hydrogen) atoms. The largest absolute Gasteiger partial charge is 0.311 e. The van der Waals surface area contributed by atoms with Crippen molar-refractivity contribution in [3.05, 3.63) is 370 Å². The summed E-state index contributed by atoms with van der Waals surface area (Å²) in [6.07, 6.45) is 0. The molecule has 11 heteroatoms. The SMILES string of the molecule is c1ccc(-c2cc(-c3ccc(-n4c5ccccc5c5cc(-c6nc(-c7ccccc7)nc(-c7ccccc7)n6)ccc54)c(-c4nc(-c5ccccc5)cc(-c5cccc(-c6ccc(N7c8ccccc8B8c9ccccc9N(c9ccccc9)c9cccc7c98)cc6)c5)n4)c3)nc(-c3ccccc3)n2)cc1. The van der Waals surface area contributed by atoms with E-state index in [0.717, 1.165) is 123 Å². The molecule has 20 rings (SSSR count). The van der Waals surface area contributed by atoms with Crippen molar-refractivity contribution in [3.8, 4) is 119 Å². The maximum atomic E-state index is 5.74. The summed E-state index contributed by atoms with van der Waals surface area (Å²) in [5.41, 5.74) is 27.1. The third-order valence-electron chi connectivity index (χ3n) is 20.5. The monoisotopic (exact) mass is 1350 g/mol. The van der Waals surface area contributed by atoms with E-state index in [1.54, 1.807) is 0 Å². The topological polar surface area (TPSA) is 102 Å². The van der Waals surface area contributed by atoms with E-state index < -0.39 is 0 Å². The van der Waals surface area contributed by atoms with Gasteiger partial charge in [0.15, 0.2) is 29.1 Å². The van der Waals surface area contributed by atoms with Crippen LogP contribution in [0.3, 0.4) is 0 Å². The van der Waals surface area contributed by atoms with Crippen LogP contribution in [0.1, 0.15) is 0 Å². The fourth-order valence-corrected chi connectivity index (χ4v) is 15.5. The molecule has 10 nitrogen and oxygen atoms in total. The average molecular weight is 1350 g/mol. The van der Waals surface area contributed by atoms with Gasteiger partial charge in [-0.15, -0.1) is 0 Å². The average Bonchev–Trinajstić information content (AvgIpc) is 0.843. The molecular weight excluding hydrogens is 1290 g/mol. The molecule has 0 amide bonds. The van der Waals surface area contributed by atoms with Crippen molar-refractivity contribution in [1.82, 2.24) is 39.5 Å². The van der Waals surface area contributed by atoms with Crippen LogP contribution in [0.5, 0.6) is 0 Å². The second-order valence-electron chi connectivity index (χ2n) is 26.8. The van der Waals surface area contributed by atoms with Crippen molar-refractivity contribution in [3.63, 3.8) is 0 Å². The number of hydrogen-bond acceptors (Lipinski definition) is 9. The van der Waals surface area contributed by atoms with Gasteiger partial charge in [0, 0.05) is 95.0 Å². The van der Waals surface area contributed by atoms with Crippen molar-refractivity contribution in [2.75, 3.05) is 9.80 Å². The van der Waals surface area contributed by atoms with Crippen LogP contribution in [0.25, 0.3) is 141 Å². The normalized spacial score (nSPS) is 12.1. The molecule has 2 aliphatic heterocycles. The minimum Gasteiger partial charge on any atom is -0.311 e. The summed E-state index contributed by atoms with van der Waals surface area (Å²) in [7, 11) is 0. The number of anilines is 6. The minimum atomic E-state index is 0.0540. The quantitative estimate of drug-likeness (QED) is 0.104. The van der Waals surface area contributed by atoms with Crippen LogP contribution in [0.4, 0.5) is 34.1 Å². The molecule has 0 saturated heterocycles. The Bertz CT molecular complexity index is 6280. The first kappa shape index (κ1) is 61.6. The number of nitrogens with zero attached hydrogens (tertiary/aromatic N) is 10. The van der Waals surface area contributed by atoms with Gasteiger partial charge in [-0.2, -0.15) is 0 Å². The molecule has 0 unspecified atom stereocenters. The van der Waals surface area contributed by atoms with Crippen molar-refractivity contribution < 1.29 is 0 Å². The second-order valence-corrected chi connectivity index (χ2v) is 26.8. The zero-order valence-corrected chi connectivity index (χ0v) is 57.3. The molecular formula is C95H61BN10. The van der Waals surface area contributed by atoms with Gasteiger partial charge < -0.3 is 14.4 Å². The lowest BCUT2D eigenvalue weighted by atomic mass is 9.33. The maximum absolute atomic E-state index is 5.74. The van der Waals surface area contributed by atoms with Crippen LogP contribution in [0.2, 0.25) is 0 Å². The van der Waals surface area contributed by atoms with Gasteiger partial charge in [-0.1, -0.05) is 267 Å². The number of hydrogen-bond donors (Lipinski definition) is 0. The van der Waals surface area contributed by atoms with E-state index in [1.807, 2.05) is 103 Å². The Morgan fingerprint density at radius 1 is 0.208 bits per heavy atom. The van der Waals surface area contributed by atoms with Gasteiger partial charge in [0.1, 0.15) is 0 Å².